The molecule has 2 aliphatic rings. The minimum atomic E-state index is 0.209. The highest BCUT2D eigenvalue weighted by molar-refractivity contribution is 5.83. The predicted octanol–water partition coefficient (Wildman–Crippen LogP) is 3.05. The highest BCUT2D eigenvalue weighted by Gasteiger charge is 2.31. The number of aromatic nitrogens is 2. The van der Waals surface area contributed by atoms with Crippen LogP contribution in [0.3, 0.4) is 0 Å². The van der Waals surface area contributed by atoms with Crippen molar-refractivity contribution >= 4 is 17.4 Å². The van der Waals surface area contributed by atoms with Crippen LogP contribution in [0.15, 0.2) is 4.99 Å². The fourth-order valence-electron chi connectivity index (χ4n) is 3.38. The average Bonchev–Trinajstić information content (AvgIpc) is 2.82. The maximum Gasteiger partial charge on any atom is 0.318 e. The van der Waals surface area contributed by atoms with Gasteiger partial charge in [-0.25, -0.2) is 4.99 Å². The molecule has 0 radical (unpaired) electrons. The van der Waals surface area contributed by atoms with Crippen molar-refractivity contribution in [2.75, 3.05) is 26.1 Å². The van der Waals surface area contributed by atoms with Crippen LogP contribution in [0.5, 0.6) is 6.01 Å². The molecule has 3 heterocycles. The van der Waals surface area contributed by atoms with Crippen LogP contribution in [0.2, 0.25) is 0 Å². The molecule has 25 heavy (non-hydrogen) atoms. The maximum atomic E-state index is 6.13. The molecule has 0 bridgehead atoms. The molecule has 1 aromatic heterocycles. The van der Waals surface area contributed by atoms with Crippen molar-refractivity contribution in [1.29, 1.82) is 0 Å². The van der Waals surface area contributed by atoms with E-state index in [0.717, 1.165) is 50.8 Å². The van der Waals surface area contributed by atoms with Crippen molar-refractivity contribution in [3.8, 4) is 6.01 Å². The van der Waals surface area contributed by atoms with Gasteiger partial charge in [-0.1, -0.05) is 13.3 Å². The Morgan fingerprint density at radius 2 is 2.12 bits per heavy atom. The SMILES string of the molecule is CCCCOc1nc(N)c2c(n1)CC(C1CCCCO1)CC(OC)=N2. The number of rotatable bonds is 5. The van der Waals surface area contributed by atoms with Crippen molar-refractivity contribution in [1.82, 2.24) is 9.97 Å². The Hall–Kier alpha value is -1.89. The Kier molecular flexibility index (Phi) is 6.07. The fraction of sp³-hybridized carbons (Fsp3) is 0.722. The Morgan fingerprint density at radius 3 is 2.84 bits per heavy atom. The van der Waals surface area contributed by atoms with Gasteiger partial charge >= 0.3 is 6.01 Å². The van der Waals surface area contributed by atoms with Crippen LogP contribution in [0, 0.1) is 5.92 Å². The Labute approximate surface area is 149 Å². The standard InChI is InChI=1S/C18H28N4O3/c1-3-4-8-25-18-20-13-10-12(14-7-5-6-9-24-14)11-15(23-2)21-16(13)17(19)22-18/h12,14H,3-11H2,1-2H3,(H2,19,20,22). The minimum Gasteiger partial charge on any atom is -0.484 e. The summed E-state index contributed by atoms with van der Waals surface area (Å²) >= 11 is 0. The maximum absolute atomic E-state index is 6.13. The molecule has 2 unspecified atom stereocenters. The highest BCUT2D eigenvalue weighted by Crippen LogP contribution is 2.35. The number of unbranched alkanes of at least 4 members (excludes halogenated alkanes) is 1. The van der Waals surface area contributed by atoms with E-state index in [2.05, 4.69) is 21.9 Å². The van der Waals surface area contributed by atoms with Gasteiger partial charge in [0.15, 0.2) is 11.7 Å². The summed E-state index contributed by atoms with van der Waals surface area (Å²) in [6, 6.07) is 0.337. The van der Waals surface area contributed by atoms with E-state index in [1.165, 1.54) is 6.42 Å². The van der Waals surface area contributed by atoms with Gasteiger partial charge in [0.2, 0.25) is 0 Å². The fourth-order valence-corrected chi connectivity index (χ4v) is 3.38. The van der Waals surface area contributed by atoms with Gasteiger partial charge in [-0.2, -0.15) is 9.97 Å². The number of hydrogen-bond acceptors (Lipinski definition) is 7. The van der Waals surface area contributed by atoms with Gasteiger partial charge in [0.05, 0.1) is 25.5 Å². The molecule has 7 heteroatoms. The monoisotopic (exact) mass is 348 g/mol. The second-order valence-electron chi connectivity index (χ2n) is 6.67. The molecule has 0 aliphatic carbocycles. The van der Waals surface area contributed by atoms with E-state index >= 15 is 0 Å². The van der Waals surface area contributed by atoms with Crippen molar-refractivity contribution in [2.45, 2.75) is 58.0 Å². The zero-order valence-electron chi connectivity index (χ0n) is 15.2. The van der Waals surface area contributed by atoms with Gasteiger partial charge in [-0.15, -0.1) is 0 Å². The normalized spacial score (nSPS) is 23.4. The van der Waals surface area contributed by atoms with Gasteiger partial charge in [-0.3, -0.25) is 0 Å². The molecule has 0 aromatic carbocycles. The lowest BCUT2D eigenvalue weighted by molar-refractivity contribution is -0.0200. The number of methoxy groups -OCH3 is 1. The molecular weight excluding hydrogens is 320 g/mol. The lowest BCUT2D eigenvalue weighted by Crippen LogP contribution is -2.31. The average molecular weight is 348 g/mol. The van der Waals surface area contributed by atoms with Crippen molar-refractivity contribution in [3.05, 3.63) is 5.69 Å². The minimum absolute atomic E-state index is 0.209. The lowest BCUT2D eigenvalue weighted by atomic mass is 9.89. The van der Waals surface area contributed by atoms with Crippen LogP contribution in [-0.4, -0.2) is 42.3 Å². The molecular formula is C18H28N4O3. The molecule has 138 valence electrons. The smallest absolute Gasteiger partial charge is 0.318 e. The van der Waals surface area contributed by atoms with Gasteiger partial charge in [0, 0.05) is 13.0 Å². The first-order valence-electron chi connectivity index (χ1n) is 9.23. The van der Waals surface area contributed by atoms with E-state index < -0.39 is 0 Å². The number of nitrogens with two attached hydrogens (primary N) is 1. The second kappa shape index (κ2) is 8.47. The van der Waals surface area contributed by atoms with Crippen LogP contribution >= 0.6 is 0 Å². The molecule has 3 rings (SSSR count). The number of nitrogens with zero attached hydrogens (tertiary/aromatic N) is 3. The number of hydrogen-bond donors (Lipinski definition) is 1. The number of fused-ring (bicyclic) bond motifs is 1. The zero-order chi connectivity index (χ0) is 17.6. The Balaban J connectivity index is 1.86. The first-order valence-corrected chi connectivity index (χ1v) is 9.23. The molecule has 2 aliphatic heterocycles. The van der Waals surface area contributed by atoms with E-state index in [1.807, 2.05) is 0 Å². The number of anilines is 1. The summed E-state index contributed by atoms with van der Waals surface area (Å²) in [5.74, 6) is 1.28. The zero-order valence-corrected chi connectivity index (χ0v) is 15.2. The van der Waals surface area contributed by atoms with Crippen molar-refractivity contribution < 1.29 is 14.2 Å². The summed E-state index contributed by atoms with van der Waals surface area (Å²) in [6.45, 7) is 3.53. The van der Waals surface area contributed by atoms with Crippen LogP contribution in [0.4, 0.5) is 11.5 Å². The topological polar surface area (TPSA) is 91.9 Å². The molecule has 7 nitrogen and oxygen atoms in total. The summed E-state index contributed by atoms with van der Waals surface area (Å²) in [5.41, 5.74) is 7.57. The summed E-state index contributed by atoms with van der Waals surface area (Å²) < 4.78 is 17.1. The second-order valence-corrected chi connectivity index (χ2v) is 6.67. The molecule has 0 spiro atoms. The van der Waals surface area contributed by atoms with Gasteiger partial charge in [0.25, 0.3) is 0 Å². The quantitative estimate of drug-likeness (QED) is 0.822. The molecule has 2 N–H and O–H groups in total. The van der Waals surface area contributed by atoms with Crippen LogP contribution in [-0.2, 0) is 15.9 Å². The van der Waals surface area contributed by atoms with Gasteiger partial charge in [0.1, 0.15) is 5.69 Å². The van der Waals surface area contributed by atoms with Crippen LogP contribution in [0.25, 0.3) is 0 Å². The third-order valence-corrected chi connectivity index (χ3v) is 4.80. The third kappa shape index (κ3) is 4.39. The third-order valence-electron chi connectivity index (χ3n) is 4.80. The summed E-state index contributed by atoms with van der Waals surface area (Å²) in [6.07, 6.45) is 7.10. The lowest BCUT2D eigenvalue weighted by Gasteiger charge is -2.29. The summed E-state index contributed by atoms with van der Waals surface area (Å²) in [7, 11) is 1.64. The molecule has 2 atom stereocenters. The van der Waals surface area contributed by atoms with E-state index in [4.69, 9.17) is 19.9 Å². The molecule has 0 amide bonds. The summed E-state index contributed by atoms with van der Waals surface area (Å²) in [4.78, 5) is 13.4. The van der Waals surface area contributed by atoms with Crippen LogP contribution in [0.1, 0.15) is 51.1 Å². The molecule has 0 saturated carbocycles. The summed E-state index contributed by atoms with van der Waals surface area (Å²) in [5, 5.41) is 0. The Bertz CT molecular complexity index is 615. The van der Waals surface area contributed by atoms with Crippen molar-refractivity contribution in [3.63, 3.8) is 0 Å². The van der Waals surface area contributed by atoms with Crippen LogP contribution < -0.4 is 10.5 Å². The van der Waals surface area contributed by atoms with Crippen molar-refractivity contribution in [2.24, 2.45) is 10.9 Å². The predicted molar refractivity (Wildman–Crippen MR) is 96.4 cm³/mol. The molecule has 1 fully saturated rings. The Morgan fingerprint density at radius 1 is 1.24 bits per heavy atom. The number of nitrogen functional groups attached to an aromatic ring is 1. The molecule has 1 aromatic rings. The molecule has 1 saturated heterocycles. The highest BCUT2D eigenvalue weighted by atomic mass is 16.5. The van der Waals surface area contributed by atoms with E-state index in [9.17, 15) is 0 Å². The van der Waals surface area contributed by atoms with Gasteiger partial charge < -0.3 is 19.9 Å². The van der Waals surface area contributed by atoms with E-state index in [-0.39, 0.29) is 12.0 Å². The first-order chi connectivity index (χ1) is 12.2. The number of aliphatic imine (C=N–C) groups is 1. The van der Waals surface area contributed by atoms with E-state index in [0.29, 0.717) is 30.0 Å². The van der Waals surface area contributed by atoms with E-state index in [1.54, 1.807) is 7.11 Å². The number of ether oxygens (including phenoxy) is 3. The first kappa shape index (κ1) is 17.9. The van der Waals surface area contributed by atoms with Gasteiger partial charge in [-0.05, 0) is 38.0 Å². The largest absolute Gasteiger partial charge is 0.484 e.